The van der Waals surface area contributed by atoms with Gasteiger partial charge in [0.15, 0.2) is 18.9 Å². The first kappa shape index (κ1) is 51.9. The Hall–Kier alpha value is -0.940. The second kappa shape index (κ2) is 19.0. The number of aliphatic hydroxyl groups excluding tert-OH is 11. The van der Waals surface area contributed by atoms with E-state index < -0.39 is 122 Å². The highest BCUT2D eigenvalue weighted by molar-refractivity contribution is 5.20. The molecule has 17 heteroatoms. The molecule has 7 fully saturated rings. The Balaban J connectivity index is 1.08. The SMILES string of the molecule is CC(C)=CCC[C@](C)(O[C@@H]1O[C@H](CO)[C@@H](O)[C@H](O)[C@H]1O)[C@H]1CC[C@]2(C)[C@@H]1[C@H](O)C[C@@H]1[C@@]3(C)CC[C@H](O[C@@H]4O[C@H](CO[C@@H]5O[C@@H](C)[C@H](O)[C@@H](O)[C@H]5O)[C@@H](O)[C@H](O)[C@H]4O)C(C)(C)[C@@H]3CC[C@]12C. The molecule has 0 spiro atoms. The van der Waals surface area contributed by atoms with Gasteiger partial charge >= 0.3 is 0 Å². The van der Waals surface area contributed by atoms with Gasteiger partial charge < -0.3 is 84.6 Å². The van der Waals surface area contributed by atoms with Crippen molar-refractivity contribution in [2.24, 2.45) is 45.3 Å². The number of ether oxygens (including phenoxy) is 6. The predicted molar refractivity (Wildman–Crippen MR) is 232 cm³/mol. The molecule has 0 aromatic heterocycles. The highest BCUT2D eigenvalue weighted by Crippen LogP contribution is 2.76. The van der Waals surface area contributed by atoms with E-state index >= 15 is 0 Å². The van der Waals surface area contributed by atoms with Gasteiger partial charge in [-0.3, -0.25) is 0 Å². The normalized spacial score (nSPS) is 53.0. The lowest BCUT2D eigenvalue weighted by atomic mass is 9.35. The van der Waals surface area contributed by atoms with Crippen molar-refractivity contribution in [2.75, 3.05) is 13.2 Å². The van der Waals surface area contributed by atoms with Crippen LogP contribution in [0, 0.1) is 45.3 Å². The lowest BCUT2D eigenvalue weighted by molar-refractivity contribution is -0.345. The zero-order chi connectivity index (χ0) is 47.9. The van der Waals surface area contributed by atoms with Crippen LogP contribution in [0.1, 0.15) is 120 Å². The van der Waals surface area contributed by atoms with Gasteiger partial charge in [0.05, 0.1) is 37.1 Å². The van der Waals surface area contributed by atoms with Gasteiger partial charge in [-0.15, -0.1) is 0 Å². The summed E-state index contributed by atoms with van der Waals surface area (Å²) in [6.45, 7) is 18.1. The highest BCUT2D eigenvalue weighted by atomic mass is 16.7. The second-order valence-corrected chi connectivity index (χ2v) is 22.9. The van der Waals surface area contributed by atoms with Gasteiger partial charge in [0, 0.05) is 0 Å². The fourth-order valence-electron chi connectivity index (χ4n) is 14.7. The van der Waals surface area contributed by atoms with E-state index in [2.05, 4.69) is 40.7 Å². The molecule has 376 valence electrons. The lowest BCUT2D eigenvalue weighted by Gasteiger charge is -2.71. The van der Waals surface area contributed by atoms with E-state index in [4.69, 9.17) is 28.4 Å². The summed E-state index contributed by atoms with van der Waals surface area (Å²) in [5.41, 5.74) is -0.913. The van der Waals surface area contributed by atoms with Crippen LogP contribution in [-0.2, 0) is 28.4 Å². The molecule has 7 rings (SSSR count). The first-order valence-electron chi connectivity index (χ1n) is 24.2. The molecule has 0 bridgehead atoms. The maximum Gasteiger partial charge on any atom is 0.187 e. The zero-order valence-electron chi connectivity index (χ0n) is 39.8. The van der Waals surface area contributed by atoms with Gasteiger partial charge in [-0.05, 0) is 131 Å². The van der Waals surface area contributed by atoms with Gasteiger partial charge in [0.25, 0.3) is 0 Å². The van der Waals surface area contributed by atoms with Gasteiger partial charge in [0.2, 0.25) is 0 Å². The van der Waals surface area contributed by atoms with Crippen LogP contribution in [-0.4, -0.2) is 179 Å². The lowest BCUT2D eigenvalue weighted by Crippen LogP contribution is -2.67. The van der Waals surface area contributed by atoms with Crippen molar-refractivity contribution in [1.82, 2.24) is 0 Å². The average Bonchev–Trinajstić information content (AvgIpc) is 3.63. The maximum atomic E-state index is 12.6. The minimum absolute atomic E-state index is 0.141. The molecule has 0 aromatic rings. The molecule has 0 amide bonds. The Morgan fingerprint density at radius 3 is 1.89 bits per heavy atom. The topological polar surface area (TPSA) is 278 Å². The van der Waals surface area contributed by atoms with E-state index in [1.54, 1.807) is 0 Å². The molecule has 4 saturated carbocycles. The van der Waals surface area contributed by atoms with Crippen LogP contribution < -0.4 is 0 Å². The molecule has 3 aliphatic heterocycles. The van der Waals surface area contributed by atoms with E-state index in [1.807, 2.05) is 20.8 Å². The molecule has 17 nitrogen and oxygen atoms in total. The third-order valence-corrected chi connectivity index (χ3v) is 18.7. The Kier molecular flexibility index (Phi) is 15.2. The first-order valence-corrected chi connectivity index (χ1v) is 24.2. The summed E-state index contributed by atoms with van der Waals surface area (Å²) in [4.78, 5) is 0. The van der Waals surface area contributed by atoms with Gasteiger partial charge in [0.1, 0.15) is 67.1 Å². The molecule has 3 heterocycles. The predicted octanol–water partition coefficient (Wildman–Crippen LogP) is 1.00. The van der Waals surface area contributed by atoms with E-state index in [9.17, 15) is 56.2 Å². The van der Waals surface area contributed by atoms with Gasteiger partial charge in [-0.1, -0.05) is 46.3 Å². The summed E-state index contributed by atoms with van der Waals surface area (Å²) in [6, 6.07) is 0. The van der Waals surface area contributed by atoms with E-state index in [-0.39, 0.29) is 46.5 Å². The monoisotopic (exact) mass is 931 g/mol. The molecule has 7 aliphatic rings. The molecule has 4 aliphatic carbocycles. The van der Waals surface area contributed by atoms with Crippen molar-refractivity contribution in [1.29, 1.82) is 0 Å². The van der Waals surface area contributed by atoms with E-state index in [1.165, 1.54) is 6.92 Å². The van der Waals surface area contributed by atoms with Crippen LogP contribution in [0.3, 0.4) is 0 Å². The summed E-state index contributed by atoms with van der Waals surface area (Å²) in [7, 11) is 0. The van der Waals surface area contributed by atoms with Crippen molar-refractivity contribution < 1.29 is 84.6 Å². The largest absolute Gasteiger partial charge is 0.394 e. The number of hydrogen-bond acceptors (Lipinski definition) is 17. The van der Waals surface area contributed by atoms with Crippen molar-refractivity contribution >= 4 is 0 Å². The van der Waals surface area contributed by atoms with Crippen LogP contribution >= 0.6 is 0 Å². The molecular formula is C48H82O17. The molecule has 0 aromatic carbocycles. The summed E-state index contributed by atoms with van der Waals surface area (Å²) >= 11 is 0. The quantitative estimate of drug-likeness (QED) is 0.0962. The Morgan fingerprint density at radius 2 is 1.25 bits per heavy atom. The summed E-state index contributed by atoms with van der Waals surface area (Å²) in [5, 5.41) is 119. The Bertz CT molecular complexity index is 1660. The van der Waals surface area contributed by atoms with Crippen LogP contribution in [0.5, 0.6) is 0 Å². The summed E-state index contributed by atoms with van der Waals surface area (Å²) in [5.74, 6) is -0.0150. The van der Waals surface area contributed by atoms with Crippen molar-refractivity contribution in [3.8, 4) is 0 Å². The number of rotatable bonds is 12. The fourth-order valence-corrected chi connectivity index (χ4v) is 14.7. The van der Waals surface area contributed by atoms with Crippen molar-refractivity contribution in [2.45, 2.75) is 230 Å². The Labute approximate surface area is 384 Å². The van der Waals surface area contributed by atoms with E-state index in [0.717, 1.165) is 37.7 Å². The minimum Gasteiger partial charge on any atom is -0.394 e. The second-order valence-electron chi connectivity index (χ2n) is 22.9. The zero-order valence-corrected chi connectivity index (χ0v) is 39.8. The van der Waals surface area contributed by atoms with Crippen LogP contribution in [0.2, 0.25) is 0 Å². The molecular weight excluding hydrogens is 849 g/mol. The standard InChI is InChI=1S/C48H82O17/c1-22(2)11-10-15-48(9,65-43-40(59)36(55)33(52)26(20-49)62-43)24-12-17-47(8)31(24)25(50)19-29-45(6)16-14-30(44(4,5)28(45)13-18-46(29,47)7)64-42-39(58)37(56)34(53)27(63-42)21-60-41-38(57)35(54)32(51)23(3)61-41/h11,23-43,49-59H,10,12-21H2,1-9H3/t23-,24-,25+,26+,27+,28-,29+,30-,31-,32-,33+,34+,35+,36-,37-,38+,39+,40+,41+,42-,43-,45-,46+,47+,48-/m0/s1. The number of allylic oxidation sites excluding steroid dienone is 2. The Morgan fingerprint density at radius 1 is 0.662 bits per heavy atom. The van der Waals surface area contributed by atoms with Gasteiger partial charge in [-0.2, -0.15) is 0 Å². The first-order chi connectivity index (χ1) is 30.3. The average molecular weight is 931 g/mol. The van der Waals surface area contributed by atoms with E-state index in [0.29, 0.717) is 25.7 Å². The number of fused-ring (bicyclic) bond motifs is 5. The van der Waals surface area contributed by atoms with Crippen molar-refractivity contribution in [3.05, 3.63) is 11.6 Å². The third-order valence-electron chi connectivity index (χ3n) is 18.7. The summed E-state index contributed by atoms with van der Waals surface area (Å²) < 4.78 is 36.7. The van der Waals surface area contributed by atoms with Crippen LogP contribution in [0.4, 0.5) is 0 Å². The number of aliphatic hydroxyl groups is 11. The van der Waals surface area contributed by atoms with Crippen LogP contribution in [0.25, 0.3) is 0 Å². The molecule has 25 atom stereocenters. The molecule has 0 radical (unpaired) electrons. The summed E-state index contributed by atoms with van der Waals surface area (Å²) in [6.07, 6.45) is -13.3. The third kappa shape index (κ3) is 8.84. The number of hydrogen-bond donors (Lipinski definition) is 11. The fraction of sp³-hybridized carbons (Fsp3) is 0.958. The molecule has 65 heavy (non-hydrogen) atoms. The molecule has 3 saturated heterocycles. The van der Waals surface area contributed by atoms with Crippen LogP contribution in [0.15, 0.2) is 11.6 Å². The molecule has 0 unspecified atom stereocenters. The van der Waals surface area contributed by atoms with Crippen molar-refractivity contribution in [3.63, 3.8) is 0 Å². The highest BCUT2D eigenvalue weighted by Gasteiger charge is 2.72. The maximum absolute atomic E-state index is 12.6. The van der Waals surface area contributed by atoms with Gasteiger partial charge in [-0.25, -0.2) is 0 Å². The molecule has 11 N–H and O–H groups in total. The smallest absolute Gasteiger partial charge is 0.187 e. The minimum atomic E-state index is -1.64.